The van der Waals surface area contributed by atoms with E-state index >= 15 is 0 Å². The summed E-state index contributed by atoms with van der Waals surface area (Å²) in [6.07, 6.45) is -0.585. The van der Waals surface area contributed by atoms with Gasteiger partial charge in [0.1, 0.15) is 12.2 Å². The molecule has 2 rings (SSSR count). The Morgan fingerprint density at radius 3 is 2.54 bits per heavy atom. The van der Waals surface area contributed by atoms with Gasteiger partial charge < -0.3 is 14.8 Å². The number of amides is 3. The number of hydrogen-bond acceptors (Lipinski definition) is 5. The molecule has 0 saturated carbocycles. The number of hydrazine groups is 1. The van der Waals surface area contributed by atoms with Gasteiger partial charge in [0, 0.05) is 6.42 Å². The smallest absolute Gasteiger partial charge is 0.426 e. The fourth-order valence-electron chi connectivity index (χ4n) is 2.41. The Bertz CT molecular complexity index is 642. The molecule has 3 amide bonds. The van der Waals surface area contributed by atoms with E-state index in [2.05, 4.69) is 10.7 Å². The van der Waals surface area contributed by atoms with Crippen molar-refractivity contribution in [3.05, 3.63) is 35.9 Å². The Kier molecular flexibility index (Phi) is 6.43. The minimum atomic E-state index is -0.722. The molecule has 26 heavy (non-hydrogen) atoms. The monoisotopic (exact) mass is 363 g/mol. The summed E-state index contributed by atoms with van der Waals surface area (Å²) in [6, 6.07) is 8.92. The van der Waals surface area contributed by atoms with Crippen LogP contribution in [0.3, 0.4) is 0 Å². The van der Waals surface area contributed by atoms with Gasteiger partial charge in [-0.15, -0.1) is 0 Å². The van der Waals surface area contributed by atoms with Crippen molar-refractivity contribution in [2.45, 2.75) is 51.9 Å². The summed E-state index contributed by atoms with van der Waals surface area (Å²) < 4.78 is 10.3. The molecule has 142 valence electrons. The number of benzene rings is 1. The third kappa shape index (κ3) is 6.62. The molecule has 0 unspecified atom stereocenters. The Balaban J connectivity index is 1.81. The van der Waals surface area contributed by atoms with E-state index in [-0.39, 0.29) is 31.5 Å². The number of nitrogens with one attached hydrogen (secondary N) is 2. The van der Waals surface area contributed by atoms with Crippen molar-refractivity contribution < 1.29 is 23.9 Å². The van der Waals surface area contributed by atoms with Crippen LogP contribution in [0.5, 0.6) is 0 Å². The summed E-state index contributed by atoms with van der Waals surface area (Å²) in [5.41, 5.74) is 2.66. The van der Waals surface area contributed by atoms with Crippen molar-refractivity contribution in [2.75, 3.05) is 6.54 Å². The number of ether oxygens (including phenoxy) is 2. The van der Waals surface area contributed by atoms with Gasteiger partial charge in [0.15, 0.2) is 0 Å². The van der Waals surface area contributed by atoms with E-state index in [1.165, 1.54) is 5.01 Å². The molecule has 1 saturated heterocycles. The summed E-state index contributed by atoms with van der Waals surface area (Å²) in [4.78, 5) is 35.7. The van der Waals surface area contributed by atoms with Crippen molar-refractivity contribution in [2.24, 2.45) is 0 Å². The average Bonchev–Trinajstić information content (AvgIpc) is 2.55. The van der Waals surface area contributed by atoms with Gasteiger partial charge in [-0.25, -0.2) is 20.0 Å². The SMILES string of the molecule is CC(C)(C)OC(=O)N[C@@H]1CCC(=O)N(NC(=O)OCc2ccccc2)C1. The molecule has 2 N–H and O–H groups in total. The summed E-state index contributed by atoms with van der Waals surface area (Å²) >= 11 is 0. The van der Waals surface area contributed by atoms with Gasteiger partial charge in [0.05, 0.1) is 12.6 Å². The fourth-order valence-corrected chi connectivity index (χ4v) is 2.41. The first-order valence-corrected chi connectivity index (χ1v) is 8.50. The molecule has 0 aliphatic carbocycles. The maximum absolute atomic E-state index is 12.0. The third-order valence-corrected chi connectivity index (χ3v) is 3.57. The molecule has 0 radical (unpaired) electrons. The zero-order valence-corrected chi connectivity index (χ0v) is 15.3. The number of hydrogen-bond donors (Lipinski definition) is 2. The number of carbonyl (C=O) groups is 3. The molecule has 1 fully saturated rings. The number of alkyl carbamates (subject to hydrolysis) is 1. The summed E-state index contributed by atoms with van der Waals surface area (Å²) in [5.74, 6) is -0.233. The van der Waals surface area contributed by atoms with E-state index in [9.17, 15) is 14.4 Å². The van der Waals surface area contributed by atoms with Gasteiger partial charge in [-0.2, -0.15) is 0 Å². The Labute approximate surface area is 152 Å². The van der Waals surface area contributed by atoms with E-state index in [0.29, 0.717) is 6.42 Å². The van der Waals surface area contributed by atoms with Crippen LogP contribution in [0.1, 0.15) is 39.2 Å². The van der Waals surface area contributed by atoms with Gasteiger partial charge >= 0.3 is 12.2 Å². The lowest BCUT2D eigenvalue weighted by atomic mass is 10.1. The quantitative estimate of drug-likeness (QED) is 0.856. The van der Waals surface area contributed by atoms with Crippen molar-refractivity contribution in [1.82, 2.24) is 15.8 Å². The van der Waals surface area contributed by atoms with Crippen LogP contribution in [-0.2, 0) is 20.9 Å². The lowest BCUT2D eigenvalue weighted by Gasteiger charge is -2.33. The maximum Gasteiger partial charge on any atom is 0.426 e. The molecule has 0 bridgehead atoms. The van der Waals surface area contributed by atoms with Crippen LogP contribution in [0.4, 0.5) is 9.59 Å². The molecule has 1 aromatic carbocycles. The Hall–Kier alpha value is -2.77. The number of piperidine rings is 1. The molecule has 1 aliphatic rings. The molecule has 1 heterocycles. The molecule has 1 atom stereocenters. The van der Waals surface area contributed by atoms with E-state index in [1.54, 1.807) is 20.8 Å². The van der Waals surface area contributed by atoms with Crippen LogP contribution in [0.2, 0.25) is 0 Å². The second-order valence-electron chi connectivity index (χ2n) is 7.06. The summed E-state index contributed by atoms with van der Waals surface area (Å²) in [6.45, 7) is 5.57. The molecule has 0 aromatic heterocycles. The highest BCUT2D eigenvalue weighted by molar-refractivity contribution is 5.80. The van der Waals surface area contributed by atoms with Crippen molar-refractivity contribution in [1.29, 1.82) is 0 Å². The zero-order chi connectivity index (χ0) is 19.2. The van der Waals surface area contributed by atoms with Crippen LogP contribution in [0, 0.1) is 0 Å². The fraction of sp³-hybridized carbons (Fsp3) is 0.500. The van der Waals surface area contributed by atoms with Gasteiger partial charge in [-0.1, -0.05) is 30.3 Å². The molecule has 8 heteroatoms. The first-order valence-electron chi connectivity index (χ1n) is 8.50. The van der Waals surface area contributed by atoms with E-state index in [1.807, 2.05) is 30.3 Å². The maximum atomic E-state index is 12.0. The van der Waals surface area contributed by atoms with Gasteiger partial charge in [-0.3, -0.25) is 4.79 Å². The van der Waals surface area contributed by atoms with Gasteiger partial charge in [0.25, 0.3) is 0 Å². The molecule has 1 aromatic rings. The van der Waals surface area contributed by atoms with Gasteiger partial charge in [0.2, 0.25) is 5.91 Å². The predicted octanol–water partition coefficient (Wildman–Crippen LogP) is 2.34. The zero-order valence-electron chi connectivity index (χ0n) is 15.3. The predicted molar refractivity (Wildman–Crippen MR) is 93.9 cm³/mol. The van der Waals surface area contributed by atoms with Crippen molar-refractivity contribution in [3.63, 3.8) is 0 Å². The van der Waals surface area contributed by atoms with Crippen molar-refractivity contribution >= 4 is 18.1 Å². The second kappa shape index (κ2) is 8.55. The Morgan fingerprint density at radius 2 is 1.88 bits per heavy atom. The molecular formula is C18H25N3O5. The van der Waals surface area contributed by atoms with E-state index < -0.39 is 17.8 Å². The first-order chi connectivity index (χ1) is 12.2. The molecule has 8 nitrogen and oxygen atoms in total. The minimum absolute atomic E-state index is 0.105. The second-order valence-corrected chi connectivity index (χ2v) is 7.06. The van der Waals surface area contributed by atoms with Crippen LogP contribution in [-0.4, -0.2) is 41.3 Å². The molecular weight excluding hydrogens is 338 g/mol. The number of rotatable bonds is 4. The minimum Gasteiger partial charge on any atom is -0.444 e. The first kappa shape index (κ1) is 19.6. The lowest BCUT2D eigenvalue weighted by molar-refractivity contribution is -0.137. The number of carbonyl (C=O) groups excluding carboxylic acids is 3. The van der Waals surface area contributed by atoms with Crippen LogP contribution in [0.15, 0.2) is 30.3 Å². The topological polar surface area (TPSA) is 97.0 Å². The Morgan fingerprint density at radius 1 is 1.19 bits per heavy atom. The van der Waals surface area contributed by atoms with E-state index in [0.717, 1.165) is 5.56 Å². The van der Waals surface area contributed by atoms with Crippen LogP contribution < -0.4 is 10.7 Å². The van der Waals surface area contributed by atoms with Crippen LogP contribution >= 0.6 is 0 Å². The highest BCUT2D eigenvalue weighted by atomic mass is 16.6. The van der Waals surface area contributed by atoms with E-state index in [4.69, 9.17) is 9.47 Å². The van der Waals surface area contributed by atoms with Crippen LogP contribution in [0.25, 0.3) is 0 Å². The largest absolute Gasteiger partial charge is 0.444 e. The third-order valence-electron chi connectivity index (χ3n) is 3.57. The highest BCUT2D eigenvalue weighted by Gasteiger charge is 2.29. The highest BCUT2D eigenvalue weighted by Crippen LogP contribution is 2.12. The van der Waals surface area contributed by atoms with Gasteiger partial charge in [-0.05, 0) is 32.8 Å². The van der Waals surface area contributed by atoms with Crippen molar-refractivity contribution in [3.8, 4) is 0 Å². The normalized spacial score (nSPS) is 17.4. The molecule has 1 aliphatic heterocycles. The summed E-state index contributed by atoms with van der Waals surface area (Å²) in [5, 5.41) is 3.88. The average molecular weight is 363 g/mol. The lowest BCUT2D eigenvalue weighted by Crippen LogP contribution is -2.56. The summed E-state index contributed by atoms with van der Waals surface area (Å²) in [7, 11) is 0. The molecule has 0 spiro atoms. The number of nitrogens with zero attached hydrogens (tertiary/aromatic N) is 1. The standard InChI is InChI=1S/C18H25N3O5/c1-18(2,3)26-16(23)19-14-9-10-15(22)21(11-14)20-17(24)25-12-13-7-5-4-6-8-13/h4-8,14H,9-12H2,1-3H3,(H,19,23)(H,20,24)/t14-/m1/s1.